The van der Waals surface area contributed by atoms with Crippen LogP contribution in [0.4, 0.5) is 0 Å². The van der Waals surface area contributed by atoms with Gasteiger partial charge in [-0.25, -0.2) is 0 Å². The minimum absolute atomic E-state index is 0.330. The lowest BCUT2D eigenvalue weighted by Gasteiger charge is -2.24. The second kappa shape index (κ2) is 7.14. The first-order chi connectivity index (χ1) is 10.4. The molecule has 0 N–H and O–H groups in total. The van der Waals surface area contributed by atoms with Gasteiger partial charge in [-0.05, 0) is 58.4 Å². The van der Waals surface area contributed by atoms with Crippen molar-refractivity contribution >= 4 is 18.9 Å². The van der Waals surface area contributed by atoms with Gasteiger partial charge in [-0.15, -0.1) is 11.3 Å². The van der Waals surface area contributed by atoms with Crippen LogP contribution in [0.3, 0.4) is 0 Å². The fourth-order valence-electron chi connectivity index (χ4n) is 2.51. The van der Waals surface area contributed by atoms with Gasteiger partial charge in [0.2, 0.25) is 0 Å². The summed E-state index contributed by atoms with van der Waals surface area (Å²) in [5.74, 6) is 1.41. The van der Waals surface area contributed by atoms with E-state index in [1.807, 2.05) is 46.8 Å². The molecule has 22 heavy (non-hydrogen) atoms. The third kappa shape index (κ3) is 3.54. The topological polar surface area (TPSA) is 48.7 Å². The zero-order valence-corrected chi connectivity index (χ0v) is 15.4. The molecule has 0 saturated carbocycles. The maximum absolute atomic E-state index is 13.4. The van der Waals surface area contributed by atoms with Crippen LogP contribution in [0.25, 0.3) is 0 Å². The normalized spacial score (nSPS) is 13.5. The van der Waals surface area contributed by atoms with Crippen molar-refractivity contribution < 1.29 is 18.0 Å². The second-order valence-corrected chi connectivity index (χ2v) is 8.53. The van der Waals surface area contributed by atoms with Crippen molar-refractivity contribution in [2.24, 2.45) is 0 Å². The number of furan rings is 1. The first kappa shape index (κ1) is 17.5. The van der Waals surface area contributed by atoms with E-state index in [9.17, 15) is 4.57 Å². The van der Waals surface area contributed by atoms with E-state index in [1.165, 1.54) is 4.88 Å². The standard InChI is InChI=1S/C16H23O4PS/c1-6-18-21(17,19-7-2)15(14-9-8-12(4)20-14)16-11(3)10-13(5)22-16/h8-10,15H,6-7H2,1-5H3. The highest BCUT2D eigenvalue weighted by Gasteiger charge is 2.42. The molecule has 0 spiro atoms. The first-order valence-electron chi connectivity index (χ1n) is 7.43. The van der Waals surface area contributed by atoms with E-state index in [0.29, 0.717) is 19.0 Å². The Morgan fingerprint density at radius 3 is 2.23 bits per heavy atom. The molecule has 4 nitrogen and oxygen atoms in total. The Bertz CT molecular complexity index is 663. The van der Waals surface area contributed by atoms with Crippen molar-refractivity contribution in [2.45, 2.75) is 40.3 Å². The van der Waals surface area contributed by atoms with E-state index < -0.39 is 13.3 Å². The van der Waals surface area contributed by atoms with Gasteiger partial charge in [0.05, 0.1) is 13.2 Å². The zero-order chi connectivity index (χ0) is 16.3. The van der Waals surface area contributed by atoms with Crippen molar-refractivity contribution in [3.05, 3.63) is 45.0 Å². The highest BCUT2D eigenvalue weighted by molar-refractivity contribution is 7.55. The number of rotatable bonds is 7. The molecule has 1 atom stereocenters. The summed E-state index contributed by atoms with van der Waals surface area (Å²) in [5.41, 5.74) is 0.570. The Morgan fingerprint density at radius 2 is 1.82 bits per heavy atom. The van der Waals surface area contributed by atoms with E-state index in [2.05, 4.69) is 6.07 Å². The predicted molar refractivity (Wildman–Crippen MR) is 89.9 cm³/mol. The molecule has 0 amide bonds. The molecule has 122 valence electrons. The highest BCUT2D eigenvalue weighted by atomic mass is 32.1. The third-order valence-electron chi connectivity index (χ3n) is 3.29. The average Bonchev–Trinajstić information content (AvgIpc) is 2.97. The SMILES string of the molecule is CCOP(=O)(OCC)C(c1ccc(C)o1)c1sc(C)cc1C. The van der Waals surface area contributed by atoms with Crippen LogP contribution < -0.4 is 0 Å². The Morgan fingerprint density at radius 1 is 1.18 bits per heavy atom. The largest absolute Gasteiger partial charge is 0.465 e. The van der Waals surface area contributed by atoms with E-state index in [-0.39, 0.29) is 0 Å². The molecule has 0 aromatic carbocycles. The van der Waals surface area contributed by atoms with Crippen LogP contribution >= 0.6 is 18.9 Å². The summed E-state index contributed by atoms with van der Waals surface area (Å²) in [5, 5.41) is 0. The zero-order valence-electron chi connectivity index (χ0n) is 13.7. The van der Waals surface area contributed by atoms with Gasteiger partial charge in [0, 0.05) is 9.75 Å². The molecule has 0 radical (unpaired) electrons. The van der Waals surface area contributed by atoms with Crippen LogP contribution in [0.1, 0.15) is 46.3 Å². The summed E-state index contributed by atoms with van der Waals surface area (Å²) in [7, 11) is -3.36. The summed E-state index contributed by atoms with van der Waals surface area (Å²) >= 11 is 1.61. The molecule has 0 bridgehead atoms. The molecule has 0 fully saturated rings. The number of thiophene rings is 1. The van der Waals surface area contributed by atoms with E-state index >= 15 is 0 Å². The average molecular weight is 342 g/mol. The second-order valence-electron chi connectivity index (χ2n) is 5.13. The Hall–Kier alpha value is -0.870. The Balaban J connectivity index is 2.59. The third-order valence-corrected chi connectivity index (χ3v) is 7.07. The molecule has 2 aromatic rings. The van der Waals surface area contributed by atoms with Crippen LogP contribution in [-0.2, 0) is 13.6 Å². The quantitative estimate of drug-likeness (QED) is 0.613. The monoisotopic (exact) mass is 342 g/mol. The molecule has 2 aromatic heterocycles. The lowest BCUT2D eigenvalue weighted by atomic mass is 10.2. The summed E-state index contributed by atoms with van der Waals surface area (Å²) in [6.45, 7) is 10.2. The lowest BCUT2D eigenvalue weighted by Crippen LogP contribution is -2.07. The van der Waals surface area contributed by atoms with E-state index in [0.717, 1.165) is 16.2 Å². The van der Waals surface area contributed by atoms with Gasteiger partial charge in [-0.1, -0.05) is 0 Å². The van der Waals surface area contributed by atoms with E-state index in [4.69, 9.17) is 13.5 Å². The molecule has 0 aliphatic rings. The van der Waals surface area contributed by atoms with Gasteiger partial charge < -0.3 is 13.5 Å². The van der Waals surface area contributed by atoms with Crippen LogP contribution in [-0.4, -0.2) is 13.2 Å². The molecule has 0 saturated heterocycles. The van der Waals surface area contributed by atoms with Crippen molar-refractivity contribution in [3.63, 3.8) is 0 Å². The highest BCUT2D eigenvalue weighted by Crippen LogP contribution is 2.65. The number of hydrogen-bond donors (Lipinski definition) is 0. The number of aryl methyl sites for hydroxylation is 3. The molecular formula is C16H23O4PS. The van der Waals surface area contributed by atoms with Crippen molar-refractivity contribution in [2.75, 3.05) is 13.2 Å². The minimum Gasteiger partial charge on any atom is -0.465 e. The van der Waals surface area contributed by atoms with Gasteiger partial charge in [-0.2, -0.15) is 0 Å². The van der Waals surface area contributed by atoms with Crippen molar-refractivity contribution in [1.29, 1.82) is 0 Å². The van der Waals surface area contributed by atoms with Crippen molar-refractivity contribution in [3.8, 4) is 0 Å². The van der Waals surface area contributed by atoms with Gasteiger partial charge >= 0.3 is 7.60 Å². The molecule has 0 aliphatic heterocycles. The fourth-order valence-corrected chi connectivity index (χ4v) is 6.12. The lowest BCUT2D eigenvalue weighted by molar-refractivity contribution is 0.212. The maximum Gasteiger partial charge on any atom is 0.346 e. The minimum atomic E-state index is -3.36. The molecule has 0 aliphatic carbocycles. The molecule has 2 rings (SSSR count). The molecule has 1 unspecified atom stereocenters. The summed E-state index contributed by atoms with van der Waals surface area (Å²) in [4.78, 5) is 2.15. The van der Waals surface area contributed by atoms with E-state index in [1.54, 1.807) is 11.3 Å². The van der Waals surface area contributed by atoms with Gasteiger partial charge in [-0.3, -0.25) is 4.57 Å². The van der Waals surface area contributed by atoms with Gasteiger partial charge in [0.25, 0.3) is 0 Å². The maximum atomic E-state index is 13.4. The van der Waals surface area contributed by atoms with Crippen molar-refractivity contribution in [1.82, 2.24) is 0 Å². The van der Waals surface area contributed by atoms with Crippen LogP contribution in [0.5, 0.6) is 0 Å². The Labute approximate surface area is 136 Å². The molecule has 6 heteroatoms. The Kier molecular flexibility index (Phi) is 5.67. The number of hydrogen-bond acceptors (Lipinski definition) is 5. The van der Waals surface area contributed by atoms with Crippen LogP contribution in [0, 0.1) is 20.8 Å². The molecular weight excluding hydrogens is 319 g/mol. The van der Waals surface area contributed by atoms with Gasteiger partial charge in [0.1, 0.15) is 11.5 Å². The summed E-state index contributed by atoms with van der Waals surface area (Å²) in [6.07, 6.45) is 0. The first-order valence-corrected chi connectivity index (χ1v) is 9.86. The van der Waals surface area contributed by atoms with Crippen LogP contribution in [0.15, 0.2) is 22.6 Å². The van der Waals surface area contributed by atoms with Crippen LogP contribution in [0.2, 0.25) is 0 Å². The fraction of sp³-hybridized carbons (Fsp3) is 0.500. The van der Waals surface area contributed by atoms with Gasteiger partial charge in [0.15, 0.2) is 5.66 Å². The summed E-state index contributed by atoms with van der Waals surface area (Å²) < 4.78 is 30.4. The summed E-state index contributed by atoms with van der Waals surface area (Å²) in [6, 6.07) is 5.82. The smallest absolute Gasteiger partial charge is 0.346 e. The predicted octanol–water partition coefficient (Wildman–Crippen LogP) is 5.62. The molecule has 2 heterocycles.